The molecule has 6 nitrogen and oxygen atoms in total. The first-order valence-electron chi connectivity index (χ1n) is 9.21. The topological polar surface area (TPSA) is 67.4 Å². The van der Waals surface area contributed by atoms with Gasteiger partial charge in [-0.25, -0.2) is 9.97 Å². The molecule has 0 atom stereocenters. The van der Waals surface area contributed by atoms with Crippen LogP contribution < -0.4 is 5.32 Å². The van der Waals surface area contributed by atoms with E-state index in [4.69, 9.17) is 4.74 Å². The summed E-state index contributed by atoms with van der Waals surface area (Å²) in [5.41, 5.74) is 4.06. The lowest BCUT2D eigenvalue weighted by atomic mass is 10.1. The van der Waals surface area contributed by atoms with Crippen LogP contribution in [0, 0.1) is 6.92 Å². The van der Waals surface area contributed by atoms with Crippen LogP contribution in [0.1, 0.15) is 17.0 Å². The molecule has 1 aliphatic rings. The van der Waals surface area contributed by atoms with Gasteiger partial charge in [-0.05, 0) is 12.5 Å². The van der Waals surface area contributed by atoms with Crippen molar-refractivity contribution in [3.63, 3.8) is 0 Å². The van der Waals surface area contributed by atoms with Crippen molar-refractivity contribution < 1.29 is 9.53 Å². The zero-order valence-corrected chi connectivity index (χ0v) is 17.3. The third-order valence-electron chi connectivity index (χ3n) is 4.47. The smallest absolute Gasteiger partial charge is 0.232 e. The van der Waals surface area contributed by atoms with E-state index < -0.39 is 0 Å². The van der Waals surface area contributed by atoms with Crippen LogP contribution in [0.3, 0.4) is 0 Å². The summed E-state index contributed by atoms with van der Waals surface area (Å²) in [5.74, 6) is -0.0907. The maximum atomic E-state index is 12.2. The molecule has 1 fully saturated rings. The highest BCUT2D eigenvalue weighted by atomic mass is 32.1. The number of hydrogen-bond donors (Lipinski definition) is 1. The van der Waals surface area contributed by atoms with Gasteiger partial charge in [0.05, 0.1) is 31.0 Å². The van der Waals surface area contributed by atoms with Crippen LogP contribution in [0.5, 0.6) is 0 Å². The van der Waals surface area contributed by atoms with Crippen LogP contribution >= 0.6 is 22.7 Å². The molecule has 2 aromatic heterocycles. The molecule has 0 bridgehead atoms. The van der Waals surface area contributed by atoms with Crippen LogP contribution in [0.15, 0.2) is 35.0 Å². The van der Waals surface area contributed by atoms with E-state index >= 15 is 0 Å². The van der Waals surface area contributed by atoms with Crippen molar-refractivity contribution in [2.45, 2.75) is 19.9 Å². The minimum atomic E-state index is -0.0907. The van der Waals surface area contributed by atoms with Crippen molar-refractivity contribution in [2.24, 2.45) is 0 Å². The van der Waals surface area contributed by atoms with Crippen molar-refractivity contribution in [2.75, 3.05) is 31.6 Å². The third kappa shape index (κ3) is 5.02. The number of benzene rings is 1. The molecule has 8 heteroatoms. The lowest BCUT2D eigenvalue weighted by Gasteiger charge is -2.26. The van der Waals surface area contributed by atoms with E-state index in [0.29, 0.717) is 5.13 Å². The molecule has 0 radical (unpaired) electrons. The Morgan fingerprint density at radius 2 is 1.93 bits per heavy atom. The van der Waals surface area contributed by atoms with Gasteiger partial charge in [0.15, 0.2) is 5.13 Å². The van der Waals surface area contributed by atoms with Crippen LogP contribution in [-0.4, -0.2) is 47.1 Å². The lowest BCUT2D eigenvalue weighted by molar-refractivity contribution is -0.115. The number of nitrogens with zero attached hydrogens (tertiary/aromatic N) is 3. The van der Waals surface area contributed by atoms with Crippen molar-refractivity contribution in [1.82, 2.24) is 14.9 Å². The molecular weight excluding hydrogens is 392 g/mol. The van der Waals surface area contributed by atoms with Gasteiger partial charge in [0.2, 0.25) is 5.91 Å². The number of nitrogens with one attached hydrogen (secondary N) is 1. The zero-order valence-electron chi connectivity index (χ0n) is 15.7. The van der Waals surface area contributed by atoms with E-state index in [-0.39, 0.29) is 12.3 Å². The number of rotatable bonds is 6. The number of ether oxygens (including phenoxy) is 1. The van der Waals surface area contributed by atoms with Crippen LogP contribution in [0.25, 0.3) is 10.6 Å². The van der Waals surface area contributed by atoms with Gasteiger partial charge in [0, 0.05) is 36.0 Å². The fourth-order valence-corrected chi connectivity index (χ4v) is 4.56. The van der Waals surface area contributed by atoms with E-state index in [1.54, 1.807) is 11.3 Å². The summed E-state index contributed by atoms with van der Waals surface area (Å²) in [5, 5.41) is 8.26. The Bertz CT molecular complexity index is 930. The van der Waals surface area contributed by atoms with Gasteiger partial charge < -0.3 is 10.1 Å². The maximum Gasteiger partial charge on any atom is 0.232 e. The summed E-state index contributed by atoms with van der Waals surface area (Å²) in [6, 6.07) is 8.53. The normalized spacial score (nSPS) is 14.9. The molecule has 28 heavy (non-hydrogen) atoms. The fraction of sp³-hybridized carbons (Fsp3) is 0.350. The third-order valence-corrected chi connectivity index (χ3v) is 6.29. The van der Waals surface area contributed by atoms with Gasteiger partial charge in [-0.15, -0.1) is 22.7 Å². The fourth-order valence-electron chi connectivity index (χ4n) is 3.03. The van der Waals surface area contributed by atoms with Gasteiger partial charge in [-0.2, -0.15) is 0 Å². The lowest BCUT2D eigenvalue weighted by Crippen LogP contribution is -2.35. The van der Waals surface area contributed by atoms with E-state index in [0.717, 1.165) is 54.8 Å². The Kier molecular flexibility index (Phi) is 6.11. The second-order valence-electron chi connectivity index (χ2n) is 6.75. The monoisotopic (exact) mass is 414 g/mol. The Labute approximate surface area is 172 Å². The van der Waals surface area contributed by atoms with E-state index in [2.05, 4.69) is 44.5 Å². The first-order valence-corrected chi connectivity index (χ1v) is 11.0. The Balaban J connectivity index is 1.34. The summed E-state index contributed by atoms with van der Waals surface area (Å²) in [4.78, 5) is 23.5. The minimum absolute atomic E-state index is 0.0907. The highest BCUT2D eigenvalue weighted by Gasteiger charge is 2.12. The Morgan fingerprint density at radius 1 is 1.14 bits per heavy atom. The number of thiazole rings is 2. The number of aromatic nitrogens is 2. The van der Waals surface area contributed by atoms with Crippen molar-refractivity contribution in [3.8, 4) is 10.6 Å². The Morgan fingerprint density at radius 3 is 2.64 bits per heavy atom. The van der Waals surface area contributed by atoms with Gasteiger partial charge in [-0.3, -0.25) is 9.69 Å². The molecule has 1 saturated heterocycles. The van der Waals surface area contributed by atoms with Crippen molar-refractivity contribution in [3.05, 3.63) is 52.0 Å². The number of amides is 1. The maximum absolute atomic E-state index is 12.2. The van der Waals surface area contributed by atoms with Crippen LogP contribution in [0.2, 0.25) is 0 Å². The summed E-state index contributed by atoms with van der Waals surface area (Å²) < 4.78 is 5.40. The Hall–Kier alpha value is -2.13. The molecule has 4 rings (SSSR count). The molecule has 0 saturated carbocycles. The molecule has 0 aliphatic carbocycles. The molecule has 1 aliphatic heterocycles. The summed E-state index contributed by atoms with van der Waals surface area (Å²) in [6.45, 7) is 6.46. The van der Waals surface area contributed by atoms with Crippen LogP contribution in [-0.2, 0) is 22.5 Å². The standard InChI is InChI=1S/C20H22N4O2S2/c1-14-12-28-20(21-14)23-18(25)10-17-13-27-19(22-17)16-4-2-15(3-5-16)11-24-6-8-26-9-7-24/h2-5,12-13H,6-11H2,1H3,(H,21,23,25). The highest BCUT2D eigenvalue weighted by Crippen LogP contribution is 2.25. The zero-order chi connectivity index (χ0) is 19.3. The molecule has 3 aromatic rings. The van der Waals surface area contributed by atoms with Gasteiger partial charge in [0.25, 0.3) is 0 Å². The summed E-state index contributed by atoms with van der Waals surface area (Å²) in [7, 11) is 0. The number of aryl methyl sites for hydroxylation is 1. The predicted octanol–water partition coefficient (Wildman–Crippen LogP) is 3.59. The second kappa shape index (κ2) is 8.91. The number of anilines is 1. The summed E-state index contributed by atoms with van der Waals surface area (Å²) in [6.07, 6.45) is 0.254. The SMILES string of the molecule is Cc1csc(NC(=O)Cc2csc(-c3ccc(CN4CCOCC4)cc3)n2)n1. The largest absolute Gasteiger partial charge is 0.379 e. The first-order chi connectivity index (χ1) is 13.7. The van der Waals surface area contributed by atoms with E-state index in [1.165, 1.54) is 16.9 Å². The second-order valence-corrected chi connectivity index (χ2v) is 8.46. The van der Waals surface area contributed by atoms with Crippen LogP contribution in [0.4, 0.5) is 5.13 Å². The van der Waals surface area contributed by atoms with E-state index in [9.17, 15) is 4.79 Å². The first kappa shape index (κ1) is 19.2. The van der Waals surface area contributed by atoms with Gasteiger partial charge in [-0.1, -0.05) is 24.3 Å². The summed E-state index contributed by atoms with van der Waals surface area (Å²) >= 11 is 3.00. The molecule has 3 heterocycles. The number of morpholine rings is 1. The number of hydrogen-bond acceptors (Lipinski definition) is 7. The van der Waals surface area contributed by atoms with Gasteiger partial charge >= 0.3 is 0 Å². The highest BCUT2D eigenvalue weighted by molar-refractivity contribution is 7.14. The molecule has 1 N–H and O–H groups in total. The molecule has 0 unspecified atom stereocenters. The number of carbonyl (C=O) groups excluding carboxylic acids is 1. The van der Waals surface area contributed by atoms with E-state index in [1.807, 2.05) is 17.7 Å². The van der Waals surface area contributed by atoms with Crippen molar-refractivity contribution in [1.29, 1.82) is 0 Å². The molecule has 1 aromatic carbocycles. The van der Waals surface area contributed by atoms with Gasteiger partial charge in [0.1, 0.15) is 5.01 Å². The molecule has 1 amide bonds. The number of carbonyl (C=O) groups is 1. The average Bonchev–Trinajstić information content (AvgIpc) is 3.32. The molecular formula is C20H22N4O2S2. The molecule has 0 spiro atoms. The minimum Gasteiger partial charge on any atom is -0.379 e. The average molecular weight is 415 g/mol. The quantitative estimate of drug-likeness (QED) is 0.668. The van der Waals surface area contributed by atoms with Crippen molar-refractivity contribution >= 4 is 33.7 Å². The predicted molar refractivity (Wildman–Crippen MR) is 113 cm³/mol. The molecule has 146 valence electrons.